The van der Waals surface area contributed by atoms with Crippen LogP contribution in [0.25, 0.3) is 0 Å². The molecule has 0 aliphatic rings. The van der Waals surface area contributed by atoms with Crippen molar-refractivity contribution in [2.45, 2.75) is 39.8 Å². The van der Waals surface area contributed by atoms with Gasteiger partial charge in [-0.2, -0.15) is 0 Å². The van der Waals surface area contributed by atoms with Crippen LogP contribution in [0.4, 0.5) is 0 Å². The Balaban J connectivity index is 2.70. The summed E-state index contributed by atoms with van der Waals surface area (Å²) < 4.78 is 4.64. The van der Waals surface area contributed by atoms with Gasteiger partial charge < -0.3 is 4.74 Å². The van der Waals surface area contributed by atoms with E-state index in [2.05, 4.69) is 35.4 Å². The zero-order chi connectivity index (χ0) is 13.5. The molecule has 0 radical (unpaired) electrons. The number of carbonyl (C=O) groups is 1. The third-order valence-corrected chi connectivity index (χ3v) is 2.85. The van der Waals surface area contributed by atoms with Crippen molar-refractivity contribution in [2.24, 2.45) is 0 Å². The second-order valence-corrected chi connectivity index (χ2v) is 4.59. The van der Waals surface area contributed by atoms with Gasteiger partial charge in [-0.15, -0.1) is 0 Å². The lowest BCUT2D eigenvalue weighted by Gasteiger charge is -2.25. The Kier molecular flexibility index (Phi) is 5.78. The van der Waals surface area contributed by atoms with Crippen LogP contribution < -0.4 is 0 Å². The normalized spacial score (nSPS) is 11.0. The van der Waals surface area contributed by atoms with E-state index in [1.807, 2.05) is 6.07 Å². The maximum atomic E-state index is 11.3. The van der Waals surface area contributed by atoms with E-state index in [1.165, 1.54) is 7.11 Å². The van der Waals surface area contributed by atoms with Crippen molar-refractivity contribution in [3.05, 3.63) is 29.6 Å². The predicted molar refractivity (Wildman–Crippen MR) is 71.4 cm³/mol. The number of ether oxygens (including phenoxy) is 1. The monoisotopic (exact) mass is 250 g/mol. The fraction of sp³-hybridized carbons (Fsp3) is 0.571. The highest BCUT2D eigenvalue weighted by atomic mass is 16.5. The molecule has 0 saturated carbocycles. The van der Waals surface area contributed by atoms with Gasteiger partial charge >= 0.3 is 5.97 Å². The molecule has 0 aliphatic heterocycles. The van der Waals surface area contributed by atoms with Gasteiger partial charge in [-0.25, -0.2) is 4.79 Å². The molecule has 0 saturated heterocycles. The van der Waals surface area contributed by atoms with Gasteiger partial charge in [0.05, 0.1) is 18.4 Å². The first-order chi connectivity index (χ1) is 8.58. The van der Waals surface area contributed by atoms with Crippen molar-refractivity contribution in [3.63, 3.8) is 0 Å². The molecule has 0 aliphatic carbocycles. The second kappa shape index (κ2) is 7.11. The minimum absolute atomic E-state index is 0.344. The summed E-state index contributed by atoms with van der Waals surface area (Å²) in [4.78, 5) is 18.0. The van der Waals surface area contributed by atoms with Crippen LogP contribution in [0.1, 0.15) is 43.2 Å². The molecule has 0 unspecified atom stereocenters. The zero-order valence-electron chi connectivity index (χ0n) is 11.6. The van der Waals surface area contributed by atoms with E-state index >= 15 is 0 Å². The van der Waals surface area contributed by atoms with Gasteiger partial charge in [-0.1, -0.05) is 6.92 Å². The summed E-state index contributed by atoms with van der Waals surface area (Å²) in [5.74, 6) is -0.344. The molecule has 4 heteroatoms. The minimum Gasteiger partial charge on any atom is -0.465 e. The number of carbonyl (C=O) groups excluding carboxylic acids is 1. The number of hydrogen-bond donors (Lipinski definition) is 0. The molecule has 1 aromatic rings. The van der Waals surface area contributed by atoms with E-state index in [4.69, 9.17) is 0 Å². The van der Waals surface area contributed by atoms with Crippen LogP contribution >= 0.6 is 0 Å². The molecule has 0 amide bonds. The smallest absolute Gasteiger partial charge is 0.339 e. The van der Waals surface area contributed by atoms with Crippen LogP contribution in [0.3, 0.4) is 0 Å². The maximum Gasteiger partial charge on any atom is 0.339 e. The van der Waals surface area contributed by atoms with E-state index < -0.39 is 0 Å². The second-order valence-electron chi connectivity index (χ2n) is 4.59. The molecule has 1 aromatic heterocycles. The zero-order valence-corrected chi connectivity index (χ0v) is 11.6. The average molecular weight is 250 g/mol. The largest absolute Gasteiger partial charge is 0.465 e. The average Bonchev–Trinajstić information content (AvgIpc) is 2.38. The molecule has 0 bridgehead atoms. The van der Waals surface area contributed by atoms with E-state index in [1.54, 1.807) is 12.3 Å². The summed E-state index contributed by atoms with van der Waals surface area (Å²) in [5.41, 5.74) is 1.47. The standard InChI is InChI=1S/C14H22N2O2/c1-5-8-16(11(2)3)10-13-7-6-12(9-15-13)14(17)18-4/h6-7,9,11H,5,8,10H2,1-4H3. The Morgan fingerprint density at radius 3 is 2.61 bits per heavy atom. The summed E-state index contributed by atoms with van der Waals surface area (Å²) in [7, 11) is 1.37. The maximum absolute atomic E-state index is 11.3. The molecule has 0 aromatic carbocycles. The van der Waals surface area contributed by atoms with Crippen molar-refractivity contribution in [2.75, 3.05) is 13.7 Å². The summed E-state index contributed by atoms with van der Waals surface area (Å²) in [6.07, 6.45) is 2.70. The predicted octanol–water partition coefficient (Wildman–Crippen LogP) is 2.49. The van der Waals surface area contributed by atoms with Gasteiger partial charge in [-0.05, 0) is 38.9 Å². The van der Waals surface area contributed by atoms with E-state index in [0.717, 1.165) is 25.2 Å². The molecular formula is C14H22N2O2. The van der Waals surface area contributed by atoms with Gasteiger partial charge in [-0.3, -0.25) is 9.88 Å². The number of aromatic nitrogens is 1. The molecule has 1 heterocycles. The van der Waals surface area contributed by atoms with Crippen LogP contribution in [0.15, 0.2) is 18.3 Å². The first kappa shape index (κ1) is 14.6. The molecule has 0 spiro atoms. The Morgan fingerprint density at radius 2 is 2.17 bits per heavy atom. The molecule has 4 nitrogen and oxygen atoms in total. The van der Waals surface area contributed by atoms with Gasteiger partial charge in [0, 0.05) is 18.8 Å². The SMILES string of the molecule is CCCN(Cc1ccc(C(=O)OC)cn1)C(C)C. The third kappa shape index (κ3) is 4.11. The topological polar surface area (TPSA) is 42.4 Å². The lowest BCUT2D eigenvalue weighted by atomic mass is 10.2. The Labute approximate surface area is 109 Å². The van der Waals surface area contributed by atoms with Gasteiger partial charge in [0.2, 0.25) is 0 Å². The molecule has 0 N–H and O–H groups in total. The highest BCUT2D eigenvalue weighted by molar-refractivity contribution is 5.88. The van der Waals surface area contributed by atoms with Gasteiger partial charge in [0.15, 0.2) is 0 Å². The van der Waals surface area contributed by atoms with E-state index in [0.29, 0.717) is 11.6 Å². The van der Waals surface area contributed by atoms with Crippen molar-refractivity contribution in [3.8, 4) is 0 Å². The van der Waals surface area contributed by atoms with Crippen LogP contribution in [-0.4, -0.2) is 35.5 Å². The van der Waals surface area contributed by atoms with Crippen LogP contribution in [-0.2, 0) is 11.3 Å². The van der Waals surface area contributed by atoms with E-state index in [-0.39, 0.29) is 5.97 Å². The number of hydrogen-bond acceptors (Lipinski definition) is 4. The molecule has 0 atom stereocenters. The highest BCUT2D eigenvalue weighted by Gasteiger charge is 2.11. The highest BCUT2D eigenvalue weighted by Crippen LogP contribution is 2.08. The number of nitrogens with zero attached hydrogens (tertiary/aromatic N) is 2. The first-order valence-corrected chi connectivity index (χ1v) is 6.35. The summed E-state index contributed by atoms with van der Waals surface area (Å²) in [6.45, 7) is 8.39. The van der Waals surface area contributed by atoms with Crippen LogP contribution in [0.5, 0.6) is 0 Å². The Bertz CT molecular complexity index is 374. The van der Waals surface area contributed by atoms with Crippen LogP contribution in [0.2, 0.25) is 0 Å². The summed E-state index contributed by atoms with van der Waals surface area (Å²) in [5, 5.41) is 0. The fourth-order valence-corrected chi connectivity index (χ4v) is 1.77. The molecule has 0 fully saturated rings. The van der Waals surface area contributed by atoms with Gasteiger partial charge in [0.25, 0.3) is 0 Å². The van der Waals surface area contributed by atoms with Gasteiger partial charge in [0.1, 0.15) is 0 Å². The van der Waals surface area contributed by atoms with Crippen LogP contribution in [0, 0.1) is 0 Å². The number of methoxy groups -OCH3 is 1. The van der Waals surface area contributed by atoms with E-state index in [9.17, 15) is 4.79 Å². The number of esters is 1. The lowest BCUT2D eigenvalue weighted by Crippen LogP contribution is -2.31. The molecule has 1 rings (SSSR count). The van der Waals surface area contributed by atoms with Crippen molar-refractivity contribution in [1.82, 2.24) is 9.88 Å². The molecular weight excluding hydrogens is 228 g/mol. The molecule has 18 heavy (non-hydrogen) atoms. The van der Waals surface area contributed by atoms with Crippen molar-refractivity contribution < 1.29 is 9.53 Å². The summed E-state index contributed by atoms with van der Waals surface area (Å²) in [6, 6.07) is 4.14. The van der Waals surface area contributed by atoms with Crippen molar-refractivity contribution >= 4 is 5.97 Å². The summed E-state index contributed by atoms with van der Waals surface area (Å²) >= 11 is 0. The van der Waals surface area contributed by atoms with Crippen molar-refractivity contribution in [1.29, 1.82) is 0 Å². The molecule has 100 valence electrons. The quantitative estimate of drug-likeness (QED) is 0.727. The number of rotatable bonds is 6. The number of pyridine rings is 1. The third-order valence-electron chi connectivity index (χ3n) is 2.85. The lowest BCUT2D eigenvalue weighted by molar-refractivity contribution is 0.0600. The Hall–Kier alpha value is -1.42. The minimum atomic E-state index is -0.344. The fourth-order valence-electron chi connectivity index (χ4n) is 1.77. The Morgan fingerprint density at radius 1 is 1.44 bits per heavy atom. The first-order valence-electron chi connectivity index (χ1n) is 6.35.